The molecule has 0 aliphatic heterocycles. The molecule has 0 saturated heterocycles. The van der Waals surface area contributed by atoms with Crippen LogP contribution >= 0.6 is 23.4 Å². The monoisotopic (exact) mass is 308 g/mol. The highest BCUT2D eigenvalue weighted by atomic mass is 35.5. The van der Waals surface area contributed by atoms with Crippen LogP contribution in [0.5, 0.6) is 0 Å². The zero-order chi connectivity index (χ0) is 14.4. The lowest BCUT2D eigenvalue weighted by molar-refractivity contribution is 0.185. The summed E-state index contributed by atoms with van der Waals surface area (Å²) in [6.45, 7) is 1.19. The van der Waals surface area contributed by atoms with E-state index in [2.05, 4.69) is 16.3 Å². The number of thioether (sulfide) groups is 1. The van der Waals surface area contributed by atoms with E-state index < -0.39 is 0 Å². The third kappa shape index (κ3) is 3.51. The average Bonchev–Trinajstić information content (AvgIpc) is 2.86. The fourth-order valence-corrected chi connectivity index (χ4v) is 2.44. The summed E-state index contributed by atoms with van der Waals surface area (Å²) < 4.78 is 7.07. The topological polar surface area (TPSA) is 63.7 Å². The number of nitrogens with zero attached hydrogens (tertiary/aromatic N) is 4. The summed E-state index contributed by atoms with van der Waals surface area (Å²) in [6, 6.07) is 9.51. The van der Waals surface area contributed by atoms with Crippen molar-refractivity contribution in [3.05, 3.63) is 29.3 Å². The van der Waals surface area contributed by atoms with E-state index in [-0.39, 0.29) is 0 Å². The van der Waals surface area contributed by atoms with Crippen LogP contribution < -0.4 is 0 Å². The van der Waals surface area contributed by atoms with Crippen LogP contribution in [0, 0.1) is 11.3 Å². The molecule has 1 heterocycles. The number of hydrogen-bond acceptors (Lipinski definition) is 5. The van der Waals surface area contributed by atoms with E-state index >= 15 is 0 Å². The predicted octanol–water partition coefficient (Wildman–Crippen LogP) is 2.86. The van der Waals surface area contributed by atoms with Crippen molar-refractivity contribution in [3.63, 3.8) is 0 Å². The van der Waals surface area contributed by atoms with Crippen LogP contribution in [0.3, 0.4) is 0 Å². The van der Waals surface area contributed by atoms with Crippen molar-refractivity contribution in [2.45, 2.75) is 11.7 Å². The smallest absolute Gasteiger partial charge is 0.192 e. The molecular formula is C13H13ClN4OS. The number of methoxy groups -OCH3 is 1. The van der Waals surface area contributed by atoms with Gasteiger partial charge < -0.3 is 4.74 Å². The largest absolute Gasteiger partial charge is 0.383 e. The third-order valence-corrected chi connectivity index (χ3v) is 3.69. The van der Waals surface area contributed by atoms with E-state index in [1.54, 1.807) is 7.11 Å². The first-order valence-corrected chi connectivity index (χ1v) is 7.30. The van der Waals surface area contributed by atoms with Gasteiger partial charge >= 0.3 is 0 Å². The maximum Gasteiger partial charge on any atom is 0.192 e. The van der Waals surface area contributed by atoms with Crippen molar-refractivity contribution in [1.29, 1.82) is 5.26 Å². The van der Waals surface area contributed by atoms with E-state index in [1.807, 2.05) is 28.8 Å². The molecule has 7 heteroatoms. The molecule has 1 aromatic heterocycles. The summed E-state index contributed by atoms with van der Waals surface area (Å²) in [6.07, 6.45) is 0. The predicted molar refractivity (Wildman–Crippen MR) is 78.7 cm³/mol. The maximum atomic E-state index is 8.68. The minimum Gasteiger partial charge on any atom is -0.383 e. The Morgan fingerprint density at radius 1 is 1.35 bits per heavy atom. The Morgan fingerprint density at radius 3 is 2.75 bits per heavy atom. The molecule has 0 atom stereocenters. The number of benzene rings is 1. The second-order valence-corrected chi connectivity index (χ2v) is 5.28. The van der Waals surface area contributed by atoms with Crippen LogP contribution in [0.4, 0.5) is 0 Å². The second kappa shape index (κ2) is 7.29. The number of aromatic nitrogens is 3. The fourth-order valence-electron chi connectivity index (χ4n) is 1.69. The van der Waals surface area contributed by atoms with E-state index in [0.29, 0.717) is 29.1 Å². The van der Waals surface area contributed by atoms with Crippen LogP contribution in [0.2, 0.25) is 5.02 Å². The Labute approximate surface area is 126 Å². The third-order valence-electron chi connectivity index (χ3n) is 2.60. The Kier molecular flexibility index (Phi) is 5.41. The zero-order valence-electron chi connectivity index (χ0n) is 10.9. The number of nitriles is 1. The van der Waals surface area contributed by atoms with Gasteiger partial charge in [0.2, 0.25) is 0 Å². The molecule has 104 valence electrons. The molecule has 0 amide bonds. The van der Waals surface area contributed by atoms with Gasteiger partial charge in [0.15, 0.2) is 11.0 Å². The van der Waals surface area contributed by atoms with Crippen molar-refractivity contribution < 1.29 is 4.74 Å². The van der Waals surface area contributed by atoms with Gasteiger partial charge in [-0.1, -0.05) is 23.4 Å². The minimum atomic E-state index is 0.339. The summed E-state index contributed by atoms with van der Waals surface area (Å²) >= 11 is 7.26. The zero-order valence-corrected chi connectivity index (χ0v) is 12.5. The summed E-state index contributed by atoms with van der Waals surface area (Å²) in [4.78, 5) is 0. The van der Waals surface area contributed by atoms with Gasteiger partial charge in [0, 0.05) is 17.7 Å². The number of rotatable bonds is 6. The van der Waals surface area contributed by atoms with Gasteiger partial charge in [0.05, 0.1) is 25.0 Å². The standard InChI is InChI=1S/C13H13ClN4OS/c1-19-8-7-18-12(10-2-4-11(14)5-3-10)16-17-13(18)20-9-6-15/h2-5H,7-9H2,1H3. The number of halogens is 1. The summed E-state index contributed by atoms with van der Waals surface area (Å²) in [7, 11) is 1.65. The van der Waals surface area contributed by atoms with Gasteiger partial charge in [0.1, 0.15) is 0 Å². The second-order valence-electron chi connectivity index (χ2n) is 3.90. The van der Waals surface area contributed by atoms with E-state index in [4.69, 9.17) is 21.6 Å². The number of ether oxygens (including phenoxy) is 1. The molecule has 0 bridgehead atoms. The highest BCUT2D eigenvalue weighted by molar-refractivity contribution is 7.99. The lowest BCUT2D eigenvalue weighted by Gasteiger charge is -2.08. The molecule has 2 rings (SSSR count). The maximum absolute atomic E-state index is 8.68. The van der Waals surface area contributed by atoms with Crippen LogP contribution in [0.1, 0.15) is 0 Å². The molecule has 0 saturated carbocycles. The molecule has 1 aromatic carbocycles. The highest BCUT2D eigenvalue weighted by Gasteiger charge is 2.14. The van der Waals surface area contributed by atoms with Crippen LogP contribution in [-0.4, -0.2) is 34.2 Å². The molecule has 0 N–H and O–H groups in total. The molecular weight excluding hydrogens is 296 g/mol. The summed E-state index contributed by atoms with van der Waals surface area (Å²) in [5, 5.41) is 18.4. The van der Waals surface area contributed by atoms with Crippen LogP contribution in [0.25, 0.3) is 11.4 Å². The summed E-state index contributed by atoms with van der Waals surface area (Å²) in [5.41, 5.74) is 0.932. The van der Waals surface area contributed by atoms with Crippen LogP contribution in [-0.2, 0) is 11.3 Å². The van der Waals surface area contributed by atoms with E-state index in [0.717, 1.165) is 11.4 Å². The SMILES string of the molecule is COCCn1c(SCC#N)nnc1-c1ccc(Cl)cc1. The highest BCUT2D eigenvalue weighted by Crippen LogP contribution is 2.24. The first-order chi connectivity index (χ1) is 9.76. The van der Waals surface area contributed by atoms with Gasteiger partial charge in [-0.2, -0.15) is 5.26 Å². The van der Waals surface area contributed by atoms with Gasteiger partial charge in [-0.05, 0) is 24.3 Å². The molecule has 0 aliphatic carbocycles. The van der Waals surface area contributed by atoms with Gasteiger partial charge in [-0.25, -0.2) is 0 Å². The normalized spacial score (nSPS) is 10.4. The molecule has 0 fully saturated rings. The molecule has 0 radical (unpaired) electrons. The Balaban J connectivity index is 2.33. The van der Waals surface area contributed by atoms with E-state index in [9.17, 15) is 0 Å². The van der Waals surface area contributed by atoms with Gasteiger partial charge in [-0.15, -0.1) is 10.2 Å². The van der Waals surface area contributed by atoms with E-state index in [1.165, 1.54) is 11.8 Å². The first-order valence-electron chi connectivity index (χ1n) is 5.94. The fraction of sp³-hybridized carbons (Fsp3) is 0.308. The Hall–Kier alpha value is -1.55. The Morgan fingerprint density at radius 2 is 2.10 bits per heavy atom. The molecule has 0 spiro atoms. The first kappa shape index (κ1) is 14.9. The molecule has 0 aliphatic rings. The van der Waals surface area contributed by atoms with Gasteiger partial charge in [-0.3, -0.25) is 4.57 Å². The Bertz CT molecular complexity index is 606. The van der Waals surface area contributed by atoms with Crippen LogP contribution in [0.15, 0.2) is 29.4 Å². The molecule has 5 nitrogen and oxygen atoms in total. The molecule has 0 unspecified atom stereocenters. The molecule has 20 heavy (non-hydrogen) atoms. The number of hydrogen-bond donors (Lipinski definition) is 0. The summed E-state index contributed by atoms with van der Waals surface area (Å²) in [5.74, 6) is 1.09. The minimum absolute atomic E-state index is 0.339. The van der Waals surface area contributed by atoms with Crippen molar-refractivity contribution in [2.75, 3.05) is 19.5 Å². The molecule has 2 aromatic rings. The van der Waals surface area contributed by atoms with Crippen molar-refractivity contribution in [3.8, 4) is 17.5 Å². The lowest BCUT2D eigenvalue weighted by Crippen LogP contribution is -2.07. The lowest BCUT2D eigenvalue weighted by atomic mass is 10.2. The van der Waals surface area contributed by atoms with Crippen molar-refractivity contribution >= 4 is 23.4 Å². The van der Waals surface area contributed by atoms with Crippen molar-refractivity contribution in [2.24, 2.45) is 0 Å². The average molecular weight is 309 g/mol. The van der Waals surface area contributed by atoms with Gasteiger partial charge in [0.25, 0.3) is 0 Å². The van der Waals surface area contributed by atoms with Crippen molar-refractivity contribution in [1.82, 2.24) is 14.8 Å². The quantitative estimate of drug-likeness (QED) is 0.768.